The van der Waals surface area contributed by atoms with Crippen molar-refractivity contribution in [2.24, 2.45) is 5.73 Å². The summed E-state index contributed by atoms with van der Waals surface area (Å²) >= 11 is 0. The average molecular weight is 494 g/mol. The molecule has 0 bridgehead atoms. The second-order valence-electron chi connectivity index (χ2n) is 8.79. The third kappa shape index (κ3) is 5.79. The van der Waals surface area contributed by atoms with Gasteiger partial charge in [-0.25, -0.2) is 13.8 Å². The van der Waals surface area contributed by atoms with Gasteiger partial charge < -0.3 is 21.3 Å². The molecule has 3 aromatic rings. The number of pyridine rings is 1. The molecule has 2 heterocycles. The second-order valence-corrected chi connectivity index (χ2v) is 8.79. The van der Waals surface area contributed by atoms with Crippen LogP contribution >= 0.6 is 0 Å². The van der Waals surface area contributed by atoms with Crippen LogP contribution in [-0.2, 0) is 11.3 Å². The molecule has 36 heavy (non-hydrogen) atoms. The molecule has 2 aromatic carbocycles. The van der Waals surface area contributed by atoms with E-state index < -0.39 is 17.5 Å². The van der Waals surface area contributed by atoms with Crippen LogP contribution < -0.4 is 16.4 Å². The quantitative estimate of drug-likeness (QED) is 0.413. The summed E-state index contributed by atoms with van der Waals surface area (Å²) in [5.74, 6) is -1.02. The van der Waals surface area contributed by atoms with Crippen LogP contribution in [0.5, 0.6) is 0 Å². The number of nitrogens with zero attached hydrogens (tertiary/aromatic N) is 2. The number of hydrogen-bond donors (Lipinski definition) is 3. The van der Waals surface area contributed by atoms with Gasteiger partial charge in [0.05, 0.1) is 11.3 Å². The molecule has 1 aliphatic rings. The summed E-state index contributed by atoms with van der Waals surface area (Å²) in [7, 11) is 0. The fourth-order valence-corrected chi connectivity index (χ4v) is 4.42. The highest BCUT2D eigenvalue weighted by atomic mass is 19.1. The molecule has 0 aliphatic carbocycles. The summed E-state index contributed by atoms with van der Waals surface area (Å²) in [6, 6.07) is 13.2. The Hall–Kier alpha value is -4.01. The molecule has 4 rings (SSSR count). The first-order valence-corrected chi connectivity index (χ1v) is 12.0. The first-order valence-electron chi connectivity index (χ1n) is 12.0. The minimum absolute atomic E-state index is 0.112. The minimum atomic E-state index is -0.707. The van der Waals surface area contributed by atoms with Crippen LogP contribution in [0.1, 0.15) is 53.6 Å². The molecule has 7 nitrogen and oxygen atoms in total. The van der Waals surface area contributed by atoms with E-state index in [9.17, 15) is 18.4 Å². The monoisotopic (exact) mass is 493 g/mol. The molecule has 2 amide bonds. The number of nitrogens with one attached hydrogen (secondary N) is 2. The van der Waals surface area contributed by atoms with Gasteiger partial charge in [0.15, 0.2) is 0 Å². The summed E-state index contributed by atoms with van der Waals surface area (Å²) < 4.78 is 28.0. The van der Waals surface area contributed by atoms with E-state index in [1.807, 2.05) is 24.0 Å². The third-order valence-electron chi connectivity index (χ3n) is 6.49. The van der Waals surface area contributed by atoms with E-state index in [1.165, 1.54) is 30.0 Å². The van der Waals surface area contributed by atoms with Gasteiger partial charge in [0.1, 0.15) is 17.5 Å². The lowest BCUT2D eigenvalue weighted by Gasteiger charge is -2.32. The number of aromatic nitrogens is 1. The average Bonchev–Trinajstić information content (AvgIpc) is 2.88. The van der Waals surface area contributed by atoms with Crippen LogP contribution in [0.25, 0.3) is 0 Å². The molecular formula is C27H29F2N5O2. The highest BCUT2D eigenvalue weighted by Gasteiger charge is 2.23. The van der Waals surface area contributed by atoms with Crippen molar-refractivity contribution >= 4 is 29.0 Å². The van der Waals surface area contributed by atoms with Gasteiger partial charge in [-0.1, -0.05) is 25.1 Å². The fourth-order valence-electron chi connectivity index (χ4n) is 4.42. The smallest absolute Gasteiger partial charge is 0.252 e. The van der Waals surface area contributed by atoms with E-state index in [4.69, 9.17) is 5.73 Å². The van der Waals surface area contributed by atoms with Gasteiger partial charge in [0, 0.05) is 49.6 Å². The van der Waals surface area contributed by atoms with Crippen LogP contribution in [0.4, 0.5) is 26.0 Å². The zero-order valence-electron chi connectivity index (χ0n) is 20.1. The number of primary amides is 1. The number of halogens is 2. The summed E-state index contributed by atoms with van der Waals surface area (Å²) in [6.07, 6.45) is 3.74. The zero-order chi connectivity index (χ0) is 25.7. The Bertz CT molecular complexity index is 1220. The van der Waals surface area contributed by atoms with E-state index in [-0.39, 0.29) is 23.6 Å². The number of piperidine rings is 1. The predicted octanol–water partition coefficient (Wildman–Crippen LogP) is 4.93. The number of hydrogen-bond acceptors (Lipinski definition) is 5. The normalized spacial score (nSPS) is 13.9. The first-order chi connectivity index (χ1) is 17.4. The van der Waals surface area contributed by atoms with E-state index >= 15 is 0 Å². The van der Waals surface area contributed by atoms with Gasteiger partial charge in [0.25, 0.3) is 5.91 Å². The van der Waals surface area contributed by atoms with Crippen LogP contribution in [0.2, 0.25) is 0 Å². The van der Waals surface area contributed by atoms with Crippen molar-refractivity contribution in [1.29, 1.82) is 0 Å². The Balaban J connectivity index is 1.44. The maximum atomic E-state index is 14.0. The van der Waals surface area contributed by atoms with E-state index in [0.29, 0.717) is 23.8 Å². The van der Waals surface area contributed by atoms with Gasteiger partial charge in [-0.3, -0.25) is 9.59 Å². The molecule has 9 heteroatoms. The number of nitrogens with two attached hydrogens (primary N) is 1. The van der Waals surface area contributed by atoms with Crippen molar-refractivity contribution in [3.63, 3.8) is 0 Å². The number of carbonyl (C=O) groups excluding carboxylic acids is 2. The van der Waals surface area contributed by atoms with Crippen molar-refractivity contribution in [3.8, 4) is 0 Å². The second kappa shape index (κ2) is 11.2. The molecule has 0 radical (unpaired) electrons. The summed E-state index contributed by atoms with van der Waals surface area (Å²) in [5, 5.41) is 6.08. The van der Waals surface area contributed by atoms with Crippen molar-refractivity contribution in [2.45, 2.75) is 38.6 Å². The molecule has 0 spiro atoms. The lowest BCUT2D eigenvalue weighted by molar-refractivity contribution is -0.131. The number of benzene rings is 2. The van der Waals surface area contributed by atoms with Crippen LogP contribution in [-0.4, -0.2) is 34.8 Å². The standard InChI is InChI=1S/C27H29F2N5O2/c1-2-26(35)34-12-10-18(11-13-34)17-6-8-19(9-7-17)33-25-14-24(21(16-32-25)27(30)36)31-15-20-22(28)4-3-5-23(20)29/h3-9,14,16,18H,2,10-13,15H2,1H3,(H2,30,36)(H2,31,32,33). The van der Waals surface area contributed by atoms with Gasteiger partial charge in [0.2, 0.25) is 5.91 Å². The topological polar surface area (TPSA) is 100 Å². The van der Waals surface area contributed by atoms with Gasteiger partial charge in [-0.15, -0.1) is 0 Å². The van der Waals surface area contributed by atoms with E-state index in [0.717, 1.165) is 31.6 Å². The molecule has 0 saturated carbocycles. The highest BCUT2D eigenvalue weighted by Crippen LogP contribution is 2.30. The third-order valence-corrected chi connectivity index (χ3v) is 6.49. The molecule has 1 aliphatic heterocycles. The van der Waals surface area contributed by atoms with Crippen molar-refractivity contribution < 1.29 is 18.4 Å². The number of carbonyl (C=O) groups is 2. The maximum Gasteiger partial charge on any atom is 0.252 e. The molecule has 1 aromatic heterocycles. The maximum absolute atomic E-state index is 14.0. The summed E-state index contributed by atoms with van der Waals surface area (Å²) in [4.78, 5) is 29.9. The minimum Gasteiger partial charge on any atom is -0.380 e. The molecule has 1 saturated heterocycles. The summed E-state index contributed by atoms with van der Waals surface area (Å²) in [6.45, 7) is 3.28. The van der Waals surface area contributed by atoms with Crippen LogP contribution in [0.3, 0.4) is 0 Å². The lowest BCUT2D eigenvalue weighted by atomic mass is 9.89. The first kappa shape index (κ1) is 25.1. The molecule has 188 valence electrons. The number of amides is 2. The fraction of sp³-hybridized carbons (Fsp3) is 0.296. The van der Waals surface area contributed by atoms with Crippen molar-refractivity contribution in [1.82, 2.24) is 9.88 Å². The lowest BCUT2D eigenvalue weighted by Crippen LogP contribution is -2.37. The van der Waals surface area contributed by atoms with Crippen molar-refractivity contribution in [3.05, 3.63) is 83.1 Å². The number of anilines is 3. The molecule has 1 fully saturated rings. The Labute approximate surface area is 208 Å². The molecule has 0 unspecified atom stereocenters. The van der Waals surface area contributed by atoms with E-state index in [2.05, 4.69) is 27.8 Å². The summed E-state index contributed by atoms with van der Waals surface area (Å²) in [5.41, 5.74) is 7.75. The highest BCUT2D eigenvalue weighted by molar-refractivity contribution is 5.98. The Morgan fingerprint density at radius 1 is 1.08 bits per heavy atom. The zero-order valence-corrected chi connectivity index (χ0v) is 20.1. The largest absolute Gasteiger partial charge is 0.380 e. The van der Waals surface area contributed by atoms with Crippen LogP contribution in [0, 0.1) is 11.6 Å². The SMILES string of the molecule is CCC(=O)N1CCC(c2ccc(Nc3cc(NCc4c(F)cccc4F)c(C(N)=O)cn3)cc2)CC1. The molecule has 4 N–H and O–H groups in total. The number of likely N-dealkylation sites (tertiary alicyclic amines) is 1. The van der Waals surface area contributed by atoms with Gasteiger partial charge in [-0.2, -0.15) is 0 Å². The Morgan fingerprint density at radius 2 is 1.75 bits per heavy atom. The van der Waals surface area contributed by atoms with E-state index in [1.54, 1.807) is 6.07 Å². The Morgan fingerprint density at radius 3 is 2.36 bits per heavy atom. The van der Waals surface area contributed by atoms with Crippen molar-refractivity contribution in [2.75, 3.05) is 23.7 Å². The number of rotatable bonds is 8. The molecule has 0 atom stereocenters. The van der Waals surface area contributed by atoms with Crippen LogP contribution in [0.15, 0.2) is 54.7 Å². The van der Waals surface area contributed by atoms with Gasteiger partial charge >= 0.3 is 0 Å². The van der Waals surface area contributed by atoms with Gasteiger partial charge in [-0.05, 0) is 48.6 Å². The predicted molar refractivity (Wildman–Crippen MR) is 135 cm³/mol. The molecular weight excluding hydrogens is 464 g/mol. The Kier molecular flexibility index (Phi) is 7.77.